The van der Waals surface area contributed by atoms with Crippen molar-refractivity contribution >= 4 is 10.8 Å². The number of benzene rings is 9. The molecule has 1 heterocycles. The Morgan fingerprint density at radius 1 is 0.273 bits per heavy atom. The zero-order chi connectivity index (χ0) is 35.9. The van der Waals surface area contributed by atoms with Gasteiger partial charge in [0.1, 0.15) is 11.5 Å². The van der Waals surface area contributed by atoms with Crippen LogP contribution in [0.15, 0.2) is 194 Å². The summed E-state index contributed by atoms with van der Waals surface area (Å²) >= 11 is 0. The molecule has 0 radical (unpaired) electrons. The number of rotatable bonds is 1. The zero-order valence-corrected chi connectivity index (χ0v) is 29.9. The van der Waals surface area contributed by atoms with E-state index in [1.165, 1.54) is 94.4 Å². The second-order valence-electron chi connectivity index (χ2n) is 15.4. The Bertz CT molecular complexity index is 3040. The second-order valence-corrected chi connectivity index (χ2v) is 15.4. The molecule has 9 aromatic rings. The molecular weight excluding hydrogens is 665 g/mol. The highest BCUT2D eigenvalue weighted by molar-refractivity contribution is 6.07. The molecule has 0 atom stereocenters. The van der Waals surface area contributed by atoms with Gasteiger partial charge in [-0.2, -0.15) is 0 Å². The Morgan fingerprint density at radius 3 is 1.20 bits per heavy atom. The molecule has 55 heavy (non-hydrogen) atoms. The smallest absolute Gasteiger partial charge is 0.140 e. The Labute approximate surface area is 319 Å². The Morgan fingerprint density at radius 2 is 0.655 bits per heavy atom. The second kappa shape index (κ2) is 10.4. The molecule has 9 aromatic carbocycles. The molecule has 0 bridgehead atoms. The maximum Gasteiger partial charge on any atom is 0.140 e. The standard InChI is InChI=1S/C54H32O/c1-2-22-41-33(16-1)42(32-49-52(41)55-50-31-14-13-30-48(50)53(49)43-25-8-3-17-34(43)35-18-4-9-26-44(35)53)40-24-15-23-39-38-21-7-12-29-47(38)54(51(39)40)45-27-10-5-19-36(45)37-20-6-11-28-46(37)54/h1-32H. The van der Waals surface area contributed by atoms with Gasteiger partial charge in [-0.3, -0.25) is 0 Å². The summed E-state index contributed by atoms with van der Waals surface area (Å²) in [5.74, 6) is 1.85. The molecule has 13 rings (SSSR count). The first-order chi connectivity index (χ1) is 27.3. The van der Waals surface area contributed by atoms with E-state index >= 15 is 0 Å². The number of hydrogen-bond acceptors (Lipinski definition) is 1. The SMILES string of the molecule is c1ccc2c(c1)Oc1c(cc(-c3cccc4c3C3(c5ccccc5-c5ccccc53)c3ccccc3-4)c3ccccc13)C21c2ccccc2-c2ccccc21. The van der Waals surface area contributed by atoms with Gasteiger partial charge in [0, 0.05) is 16.5 Å². The summed E-state index contributed by atoms with van der Waals surface area (Å²) < 4.78 is 7.13. The molecule has 0 saturated heterocycles. The van der Waals surface area contributed by atoms with E-state index in [0.717, 1.165) is 16.9 Å². The van der Waals surface area contributed by atoms with Crippen LogP contribution in [0.4, 0.5) is 0 Å². The first-order valence-electron chi connectivity index (χ1n) is 19.3. The fourth-order valence-electron chi connectivity index (χ4n) is 11.3. The first-order valence-corrected chi connectivity index (χ1v) is 19.3. The van der Waals surface area contributed by atoms with Crippen LogP contribution in [0.5, 0.6) is 11.5 Å². The van der Waals surface area contributed by atoms with Crippen molar-refractivity contribution in [3.8, 4) is 56.0 Å². The molecule has 0 aromatic heterocycles. The maximum absolute atomic E-state index is 7.13. The lowest BCUT2D eigenvalue weighted by Gasteiger charge is -2.40. The summed E-state index contributed by atoms with van der Waals surface area (Å²) in [6.07, 6.45) is 0. The van der Waals surface area contributed by atoms with Crippen LogP contribution in [-0.2, 0) is 10.8 Å². The zero-order valence-electron chi connectivity index (χ0n) is 29.9. The third kappa shape index (κ3) is 3.38. The summed E-state index contributed by atoms with van der Waals surface area (Å²) in [6, 6.07) is 72.4. The van der Waals surface area contributed by atoms with Crippen molar-refractivity contribution in [1.29, 1.82) is 0 Å². The molecule has 4 aliphatic rings. The van der Waals surface area contributed by atoms with Crippen molar-refractivity contribution in [2.75, 3.05) is 0 Å². The average Bonchev–Trinajstić information content (AvgIpc) is 3.84. The van der Waals surface area contributed by atoms with Crippen LogP contribution in [0.25, 0.3) is 55.3 Å². The fourth-order valence-corrected chi connectivity index (χ4v) is 11.3. The predicted molar refractivity (Wildman–Crippen MR) is 223 cm³/mol. The molecule has 3 aliphatic carbocycles. The topological polar surface area (TPSA) is 9.23 Å². The van der Waals surface area contributed by atoms with Crippen molar-refractivity contribution < 1.29 is 4.74 Å². The van der Waals surface area contributed by atoms with Gasteiger partial charge in [-0.05, 0) is 95.4 Å². The molecule has 2 spiro atoms. The minimum atomic E-state index is -0.568. The van der Waals surface area contributed by atoms with Gasteiger partial charge in [0.05, 0.1) is 10.8 Å². The Hall–Kier alpha value is -6.96. The van der Waals surface area contributed by atoms with Crippen LogP contribution >= 0.6 is 0 Å². The molecule has 1 heteroatoms. The lowest BCUT2D eigenvalue weighted by Crippen LogP contribution is -2.32. The molecule has 254 valence electrons. The number of fused-ring (bicyclic) bond motifs is 21. The molecule has 0 amide bonds. The summed E-state index contributed by atoms with van der Waals surface area (Å²) in [5, 5.41) is 2.31. The molecule has 1 nitrogen and oxygen atoms in total. The average molecular weight is 697 g/mol. The third-order valence-corrected chi connectivity index (χ3v) is 13.2. The van der Waals surface area contributed by atoms with Gasteiger partial charge >= 0.3 is 0 Å². The van der Waals surface area contributed by atoms with Crippen LogP contribution in [0, 0.1) is 0 Å². The molecule has 0 N–H and O–H groups in total. The highest BCUT2D eigenvalue weighted by Gasteiger charge is 2.54. The highest BCUT2D eigenvalue weighted by Crippen LogP contribution is 2.67. The van der Waals surface area contributed by atoms with E-state index < -0.39 is 10.8 Å². The van der Waals surface area contributed by atoms with Gasteiger partial charge in [-0.1, -0.05) is 182 Å². The predicted octanol–water partition coefficient (Wildman–Crippen LogP) is 13.3. The lowest BCUT2D eigenvalue weighted by molar-refractivity contribution is 0.442. The van der Waals surface area contributed by atoms with Gasteiger partial charge in [0.25, 0.3) is 0 Å². The van der Waals surface area contributed by atoms with Crippen LogP contribution in [0.3, 0.4) is 0 Å². The fraction of sp³-hybridized carbons (Fsp3) is 0.0370. The maximum atomic E-state index is 7.13. The number of hydrogen-bond donors (Lipinski definition) is 0. The normalized spacial score (nSPS) is 15.0. The summed E-state index contributed by atoms with van der Waals surface area (Å²) in [4.78, 5) is 0. The molecule has 0 fully saturated rings. The van der Waals surface area contributed by atoms with Crippen molar-refractivity contribution in [2.45, 2.75) is 10.8 Å². The highest BCUT2D eigenvalue weighted by atomic mass is 16.5. The van der Waals surface area contributed by atoms with E-state index in [2.05, 4.69) is 194 Å². The minimum Gasteiger partial charge on any atom is -0.456 e. The molecule has 0 unspecified atom stereocenters. The summed E-state index contributed by atoms with van der Waals surface area (Å²) in [7, 11) is 0. The van der Waals surface area contributed by atoms with E-state index in [1.54, 1.807) is 0 Å². The monoisotopic (exact) mass is 696 g/mol. The number of para-hydroxylation sites is 1. The van der Waals surface area contributed by atoms with E-state index in [-0.39, 0.29) is 0 Å². The van der Waals surface area contributed by atoms with Crippen molar-refractivity contribution in [2.24, 2.45) is 0 Å². The minimum absolute atomic E-state index is 0.472. The Kier molecular flexibility index (Phi) is 5.56. The van der Waals surface area contributed by atoms with Crippen molar-refractivity contribution in [1.82, 2.24) is 0 Å². The van der Waals surface area contributed by atoms with E-state index in [9.17, 15) is 0 Å². The van der Waals surface area contributed by atoms with Crippen LogP contribution in [0.1, 0.15) is 44.5 Å². The van der Waals surface area contributed by atoms with Gasteiger partial charge in [-0.15, -0.1) is 0 Å². The molecular formula is C54H32O. The van der Waals surface area contributed by atoms with Gasteiger partial charge < -0.3 is 4.74 Å². The van der Waals surface area contributed by atoms with Crippen molar-refractivity contribution in [3.63, 3.8) is 0 Å². The van der Waals surface area contributed by atoms with Crippen LogP contribution < -0.4 is 4.74 Å². The van der Waals surface area contributed by atoms with Gasteiger partial charge in [-0.25, -0.2) is 0 Å². The van der Waals surface area contributed by atoms with Gasteiger partial charge in [0.15, 0.2) is 0 Å². The third-order valence-electron chi connectivity index (χ3n) is 13.2. The summed E-state index contributed by atoms with van der Waals surface area (Å²) in [5.41, 5.74) is 19.6. The summed E-state index contributed by atoms with van der Waals surface area (Å²) in [6.45, 7) is 0. The van der Waals surface area contributed by atoms with Crippen LogP contribution in [-0.4, -0.2) is 0 Å². The van der Waals surface area contributed by atoms with Crippen LogP contribution in [0.2, 0.25) is 0 Å². The van der Waals surface area contributed by atoms with E-state index in [4.69, 9.17) is 4.74 Å². The quantitative estimate of drug-likeness (QED) is 0.166. The largest absolute Gasteiger partial charge is 0.456 e. The van der Waals surface area contributed by atoms with E-state index in [1.807, 2.05) is 0 Å². The lowest BCUT2D eigenvalue weighted by atomic mass is 9.64. The Balaban J connectivity index is 1.21. The van der Waals surface area contributed by atoms with Gasteiger partial charge in [0.2, 0.25) is 0 Å². The van der Waals surface area contributed by atoms with E-state index in [0.29, 0.717) is 0 Å². The van der Waals surface area contributed by atoms with Crippen molar-refractivity contribution in [3.05, 3.63) is 239 Å². The first kappa shape index (κ1) is 29.5. The molecule has 0 saturated carbocycles. The number of ether oxygens (including phenoxy) is 1. The molecule has 1 aliphatic heterocycles.